The zero-order valence-electron chi connectivity index (χ0n) is 13.2. The Morgan fingerprint density at radius 3 is 2.90 bits per heavy atom. The Hall–Kier alpha value is -1.57. The highest BCUT2D eigenvalue weighted by molar-refractivity contribution is 5.90. The highest BCUT2D eigenvalue weighted by Crippen LogP contribution is 2.32. The number of rotatable bonds is 4. The maximum Gasteiger partial charge on any atom is 0.0933 e. The number of hydrogen-bond donors (Lipinski definition) is 1. The van der Waals surface area contributed by atoms with E-state index >= 15 is 0 Å². The first-order valence-corrected chi connectivity index (χ1v) is 8.32. The Kier molecular flexibility index (Phi) is 4.42. The predicted octanol–water partition coefficient (Wildman–Crippen LogP) is 5.25. The average Bonchev–Trinajstić information content (AvgIpc) is 2.47. The van der Waals surface area contributed by atoms with Crippen LogP contribution >= 0.6 is 0 Å². The Morgan fingerprint density at radius 2 is 2.05 bits per heavy atom. The summed E-state index contributed by atoms with van der Waals surface area (Å²) >= 11 is 0. The fraction of sp³-hybridized carbons (Fsp3) is 0.526. The topological polar surface area (TPSA) is 24.9 Å². The first-order valence-electron chi connectivity index (χ1n) is 8.32. The van der Waals surface area contributed by atoms with Gasteiger partial charge >= 0.3 is 0 Å². The Bertz CT molecular complexity index is 586. The SMILES string of the molecule is CC(C)CC1CCCC(Nc2cccc3cccnc23)C1. The molecule has 2 nitrogen and oxygen atoms in total. The van der Waals surface area contributed by atoms with Crippen LogP contribution < -0.4 is 5.32 Å². The number of anilines is 1. The summed E-state index contributed by atoms with van der Waals surface area (Å²) in [5.41, 5.74) is 2.30. The van der Waals surface area contributed by atoms with Gasteiger partial charge in [0.2, 0.25) is 0 Å². The monoisotopic (exact) mass is 282 g/mol. The molecule has 1 aliphatic rings. The lowest BCUT2D eigenvalue weighted by atomic mass is 9.81. The van der Waals surface area contributed by atoms with Crippen molar-refractivity contribution in [3.8, 4) is 0 Å². The summed E-state index contributed by atoms with van der Waals surface area (Å²) in [6.07, 6.45) is 8.61. The Morgan fingerprint density at radius 1 is 1.19 bits per heavy atom. The minimum absolute atomic E-state index is 0.607. The molecule has 21 heavy (non-hydrogen) atoms. The summed E-state index contributed by atoms with van der Waals surface area (Å²) in [6.45, 7) is 4.68. The van der Waals surface area contributed by atoms with E-state index in [1.54, 1.807) is 0 Å². The van der Waals surface area contributed by atoms with Gasteiger partial charge < -0.3 is 5.32 Å². The average molecular weight is 282 g/mol. The van der Waals surface area contributed by atoms with Crippen molar-refractivity contribution in [2.45, 2.75) is 52.0 Å². The number of hydrogen-bond acceptors (Lipinski definition) is 2. The fourth-order valence-electron chi connectivity index (χ4n) is 3.74. The molecule has 0 spiro atoms. The highest BCUT2D eigenvalue weighted by Gasteiger charge is 2.22. The molecule has 1 fully saturated rings. The van der Waals surface area contributed by atoms with Crippen molar-refractivity contribution in [1.29, 1.82) is 0 Å². The van der Waals surface area contributed by atoms with Crippen LogP contribution in [0.3, 0.4) is 0 Å². The van der Waals surface area contributed by atoms with E-state index in [0.29, 0.717) is 6.04 Å². The summed E-state index contributed by atoms with van der Waals surface area (Å²) < 4.78 is 0. The first kappa shape index (κ1) is 14.4. The van der Waals surface area contributed by atoms with Crippen LogP contribution in [-0.4, -0.2) is 11.0 Å². The molecule has 1 heterocycles. The van der Waals surface area contributed by atoms with Crippen LogP contribution in [0.5, 0.6) is 0 Å². The van der Waals surface area contributed by atoms with E-state index < -0.39 is 0 Å². The minimum Gasteiger partial charge on any atom is -0.381 e. The van der Waals surface area contributed by atoms with E-state index in [-0.39, 0.29) is 0 Å². The van der Waals surface area contributed by atoms with Crippen LogP contribution in [-0.2, 0) is 0 Å². The molecule has 2 heteroatoms. The van der Waals surface area contributed by atoms with E-state index in [1.807, 2.05) is 12.3 Å². The summed E-state index contributed by atoms with van der Waals surface area (Å²) in [6, 6.07) is 11.2. The first-order chi connectivity index (χ1) is 10.2. The van der Waals surface area contributed by atoms with Gasteiger partial charge in [0.05, 0.1) is 11.2 Å². The third-order valence-electron chi connectivity index (χ3n) is 4.58. The molecule has 0 radical (unpaired) electrons. The minimum atomic E-state index is 0.607. The predicted molar refractivity (Wildman–Crippen MR) is 90.6 cm³/mol. The molecule has 2 unspecified atom stereocenters. The van der Waals surface area contributed by atoms with E-state index in [0.717, 1.165) is 17.4 Å². The van der Waals surface area contributed by atoms with Gasteiger partial charge in [-0.2, -0.15) is 0 Å². The standard InChI is InChI=1S/C19H26N2/c1-14(2)12-15-6-3-9-17(13-15)21-18-10-4-7-16-8-5-11-20-19(16)18/h4-5,7-8,10-11,14-15,17,21H,3,6,9,12-13H2,1-2H3. The molecule has 0 saturated heterocycles. The summed E-state index contributed by atoms with van der Waals surface area (Å²) in [5.74, 6) is 1.70. The normalized spacial score (nSPS) is 22.6. The van der Waals surface area contributed by atoms with Gasteiger partial charge in [-0.1, -0.05) is 44.9 Å². The smallest absolute Gasteiger partial charge is 0.0933 e. The van der Waals surface area contributed by atoms with E-state index in [2.05, 4.69) is 48.4 Å². The molecule has 0 aliphatic heterocycles. The molecule has 2 aromatic rings. The second-order valence-electron chi connectivity index (χ2n) is 6.88. The lowest BCUT2D eigenvalue weighted by molar-refractivity contribution is 0.289. The third-order valence-corrected chi connectivity index (χ3v) is 4.58. The third kappa shape index (κ3) is 3.55. The Balaban J connectivity index is 1.73. The number of nitrogens with one attached hydrogen (secondary N) is 1. The van der Waals surface area contributed by atoms with Crippen molar-refractivity contribution in [3.63, 3.8) is 0 Å². The number of pyridine rings is 1. The van der Waals surface area contributed by atoms with Crippen LogP contribution in [0.1, 0.15) is 46.0 Å². The Labute approximate surface area is 128 Å². The van der Waals surface area contributed by atoms with Gasteiger partial charge in [0.15, 0.2) is 0 Å². The molecule has 2 atom stereocenters. The number of aromatic nitrogens is 1. The van der Waals surface area contributed by atoms with Gasteiger partial charge in [-0.05, 0) is 43.2 Å². The highest BCUT2D eigenvalue weighted by atomic mass is 14.9. The van der Waals surface area contributed by atoms with E-state index in [4.69, 9.17) is 0 Å². The van der Waals surface area contributed by atoms with E-state index in [9.17, 15) is 0 Å². The number of nitrogens with zero attached hydrogens (tertiary/aromatic N) is 1. The number of para-hydroxylation sites is 1. The van der Waals surface area contributed by atoms with Crippen molar-refractivity contribution < 1.29 is 0 Å². The maximum absolute atomic E-state index is 4.55. The van der Waals surface area contributed by atoms with Gasteiger partial charge in [-0.3, -0.25) is 4.98 Å². The molecule has 1 aromatic carbocycles. The largest absolute Gasteiger partial charge is 0.381 e. The molecule has 112 valence electrons. The molecule has 3 rings (SSSR count). The van der Waals surface area contributed by atoms with Crippen LogP contribution in [0.4, 0.5) is 5.69 Å². The van der Waals surface area contributed by atoms with Crippen LogP contribution in [0.15, 0.2) is 36.5 Å². The van der Waals surface area contributed by atoms with Crippen molar-refractivity contribution >= 4 is 16.6 Å². The van der Waals surface area contributed by atoms with E-state index in [1.165, 1.54) is 43.2 Å². The molecular weight excluding hydrogens is 256 g/mol. The van der Waals surface area contributed by atoms with Gasteiger partial charge in [-0.25, -0.2) is 0 Å². The molecule has 1 N–H and O–H groups in total. The van der Waals surface area contributed by atoms with Crippen LogP contribution in [0.25, 0.3) is 10.9 Å². The van der Waals surface area contributed by atoms with Crippen LogP contribution in [0, 0.1) is 11.8 Å². The lowest BCUT2D eigenvalue weighted by Crippen LogP contribution is -2.28. The summed E-state index contributed by atoms with van der Waals surface area (Å²) in [4.78, 5) is 4.55. The zero-order chi connectivity index (χ0) is 14.7. The molecule has 0 bridgehead atoms. The van der Waals surface area contributed by atoms with Crippen molar-refractivity contribution in [2.24, 2.45) is 11.8 Å². The second-order valence-corrected chi connectivity index (χ2v) is 6.88. The fourth-order valence-corrected chi connectivity index (χ4v) is 3.74. The van der Waals surface area contributed by atoms with Crippen molar-refractivity contribution in [2.75, 3.05) is 5.32 Å². The molecule has 1 aliphatic carbocycles. The lowest BCUT2D eigenvalue weighted by Gasteiger charge is -2.31. The number of fused-ring (bicyclic) bond motifs is 1. The summed E-state index contributed by atoms with van der Waals surface area (Å²) in [5, 5.41) is 4.98. The van der Waals surface area contributed by atoms with Crippen molar-refractivity contribution in [3.05, 3.63) is 36.5 Å². The van der Waals surface area contributed by atoms with Crippen molar-refractivity contribution in [1.82, 2.24) is 4.98 Å². The van der Waals surface area contributed by atoms with Gasteiger partial charge in [0.25, 0.3) is 0 Å². The molecule has 1 saturated carbocycles. The van der Waals surface area contributed by atoms with Crippen LogP contribution in [0.2, 0.25) is 0 Å². The molecule has 0 amide bonds. The second kappa shape index (κ2) is 6.46. The summed E-state index contributed by atoms with van der Waals surface area (Å²) in [7, 11) is 0. The number of benzene rings is 1. The van der Waals surface area contributed by atoms with Gasteiger partial charge in [0, 0.05) is 17.6 Å². The quantitative estimate of drug-likeness (QED) is 0.828. The zero-order valence-corrected chi connectivity index (χ0v) is 13.2. The molecule has 1 aromatic heterocycles. The maximum atomic E-state index is 4.55. The molecular formula is C19H26N2. The van der Waals surface area contributed by atoms with Gasteiger partial charge in [0.1, 0.15) is 0 Å². The van der Waals surface area contributed by atoms with Gasteiger partial charge in [-0.15, -0.1) is 0 Å².